The molecule has 0 amide bonds. The number of nitrogens with zero attached hydrogens (tertiary/aromatic N) is 3. The fourth-order valence-corrected chi connectivity index (χ4v) is 3.88. The van der Waals surface area contributed by atoms with Crippen molar-refractivity contribution in [1.82, 2.24) is 9.88 Å². The Kier molecular flexibility index (Phi) is 5.38. The van der Waals surface area contributed by atoms with Crippen LogP contribution < -0.4 is 5.43 Å². The molecule has 3 aromatic rings. The SMILES string of the molecule is C(=NNc1nc(-c2ccccc2)cs1)c1ccccc1CN1CCCC1. The highest BCUT2D eigenvalue weighted by molar-refractivity contribution is 7.14. The second kappa shape index (κ2) is 8.25. The van der Waals surface area contributed by atoms with E-state index in [2.05, 4.69) is 62.2 Å². The van der Waals surface area contributed by atoms with E-state index in [-0.39, 0.29) is 0 Å². The zero-order chi connectivity index (χ0) is 17.6. The van der Waals surface area contributed by atoms with Gasteiger partial charge in [0.05, 0.1) is 11.9 Å². The number of nitrogens with one attached hydrogen (secondary N) is 1. The molecule has 1 N–H and O–H groups in total. The van der Waals surface area contributed by atoms with Gasteiger partial charge in [-0.25, -0.2) is 4.98 Å². The molecule has 0 spiro atoms. The summed E-state index contributed by atoms with van der Waals surface area (Å²) in [5, 5.41) is 7.26. The molecule has 0 bridgehead atoms. The third-order valence-electron chi connectivity index (χ3n) is 4.59. The topological polar surface area (TPSA) is 40.5 Å². The summed E-state index contributed by atoms with van der Waals surface area (Å²) in [5.74, 6) is 0. The van der Waals surface area contributed by atoms with Crippen molar-refractivity contribution >= 4 is 22.7 Å². The molecule has 0 radical (unpaired) electrons. The molecule has 0 aliphatic carbocycles. The minimum absolute atomic E-state index is 0.803. The maximum Gasteiger partial charge on any atom is 0.203 e. The van der Waals surface area contributed by atoms with Gasteiger partial charge >= 0.3 is 0 Å². The van der Waals surface area contributed by atoms with Gasteiger partial charge in [0.15, 0.2) is 0 Å². The molecular formula is C21H22N4S. The maximum atomic E-state index is 4.60. The molecule has 4 nitrogen and oxygen atoms in total. The van der Waals surface area contributed by atoms with Crippen molar-refractivity contribution in [3.8, 4) is 11.3 Å². The van der Waals surface area contributed by atoms with Crippen molar-refractivity contribution in [2.24, 2.45) is 5.10 Å². The fourth-order valence-electron chi connectivity index (χ4n) is 3.21. The summed E-state index contributed by atoms with van der Waals surface area (Å²) < 4.78 is 0. The summed E-state index contributed by atoms with van der Waals surface area (Å²) in [7, 11) is 0. The van der Waals surface area contributed by atoms with Crippen molar-refractivity contribution in [3.63, 3.8) is 0 Å². The van der Waals surface area contributed by atoms with Crippen LogP contribution in [0.15, 0.2) is 65.1 Å². The summed E-state index contributed by atoms with van der Waals surface area (Å²) in [6.07, 6.45) is 4.52. The second-order valence-corrected chi connectivity index (χ2v) is 7.31. The van der Waals surface area contributed by atoms with Gasteiger partial charge in [0.2, 0.25) is 5.13 Å². The summed E-state index contributed by atoms with van der Waals surface area (Å²) in [6, 6.07) is 18.7. The lowest BCUT2D eigenvalue weighted by Gasteiger charge is -2.15. The Balaban J connectivity index is 1.42. The fraction of sp³-hybridized carbons (Fsp3) is 0.238. The van der Waals surface area contributed by atoms with Crippen LogP contribution in [-0.2, 0) is 6.54 Å². The van der Waals surface area contributed by atoms with Crippen LogP contribution in [0.3, 0.4) is 0 Å². The van der Waals surface area contributed by atoms with Crippen LogP contribution in [0.1, 0.15) is 24.0 Å². The highest BCUT2D eigenvalue weighted by atomic mass is 32.1. The van der Waals surface area contributed by atoms with Gasteiger partial charge in [0.1, 0.15) is 0 Å². The van der Waals surface area contributed by atoms with Gasteiger partial charge in [0.25, 0.3) is 0 Å². The normalized spacial score (nSPS) is 14.9. The van der Waals surface area contributed by atoms with Gasteiger partial charge in [-0.05, 0) is 37.1 Å². The van der Waals surface area contributed by atoms with Crippen LogP contribution in [0.4, 0.5) is 5.13 Å². The molecule has 0 atom stereocenters. The summed E-state index contributed by atoms with van der Waals surface area (Å²) in [4.78, 5) is 7.11. The van der Waals surface area contributed by atoms with E-state index in [0.29, 0.717) is 0 Å². The first-order valence-corrected chi connectivity index (χ1v) is 9.87. The lowest BCUT2D eigenvalue weighted by Crippen LogP contribution is -2.19. The number of likely N-dealkylation sites (tertiary alicyclic amines) is 1. The first-order valence-electron chi connectivity index (χ1n) is 8.99. The quantitative estimate of drug-likeness (QED) is 0.503. The number of aromatic nitrogens is 1. The van der Waals surface area contributed by atoms with E-state index in [1.54, 1.807) is 11.3 Å². The Bertz CT molecular complexity index is 866. The molecule has 1 aliphatic heterocycles. The molecule has 132 valence electrons. The van der Waals surface area contributed by atoms with Crippen LogP contribution >= 0.6 is 11.3 Å². The largest absolute Gasteiger partial charge is 0.299 e. The van der Waals surface area contributed by atoms with Crippen molar-refractivity contribution in [2.45, 2.75) is 19.4 Å². The molecule has 26 heavy (non-hydrogen) atoms. The molecular weight excluding hydrogens is 340 g/mol. The average Bonchev–Trinajstić information content (AvgIpc) is 3.36. The monoisotopic (exact) mass is 362 g/mol. The van der Waals surface area contributed by atoms with Gasteiger partial charge in [-0.1, -0.05) is 54.6 Å². The average molecular weight is 363 g/mol. The van der Waals surface area contributed by atoms with Gasteiger partial charge in [-0.2, -0.15) is 5.10 Å². The van der Waals surface area contributed by atoms with Gasteiger partial charge in [-0.3, -0.25) is 10.3 Å². The minimum Gasteiger partial charge on any atom is -0.299 e. The third-order valence-corrected chi connectivity index (χ3v) is 5.33. The number of anilines is 1. The van der Waals surface area contributed by atoms with Crippen molar-refractivity contribution in [1.29, 1.82) is 0 Å². The number of rotatable bonds is 6. The maximum absolute atomic E-state index is 4.60. The van der Waals surface area contributed by atoms with E-state index in [1.165, 1.54) is 31.5 Å². The van der Waals surface area contributed by atoms with Crippen molar-refractivity contribution in [2.75, 3.05) is 18.5 Å². The molecule has 2 heterocycles. The molecule has 1 saturated heterocycles. The minimum atomic E-state index is 0.803. The van der Waals surface area contributed by atoms with E-state index in [4.69, 9.17) is 0 Å². The van der Waals surface area contributed by atoms with Crippen LogP contribution in [0.5, 0.6) is 0 Å². The van der Waals surface area contributed by atoms with E-state index in [1.807, 2.05) is 24.4 Å². The standard InChI is InChI=1S/C21H22N4S/c1-2-8-17(9-3-1)20-16-26-21(23-20)24-22-14-18-10-4-5-11-19(18)15-25-12-6-7-13-25/h1-5,8-11,14,16H,6-7,12-13,15H2,(H,23,24). The number of hydrogen-bond acceptors (Lipinski definition) is 5. The van der Waals surface area contributed by atoms with Crippen LogP contribution in [0.2, 0.25) is 0 Å². The number of benzene rings is 2. The summed E-state index contributed by atoms with van der Waals surface area (Å²) in [5.41, 5.74) is 7.65. The predicted molar refractivity (Wildman–Crippen MR) is 110 cm³/mol. The Hall–Kier alpha value is -2.50. The molecule has 2 aromatic carbocycles. The van der Waals surface area contributed by atoms with Crippen LogP contribution in [0, 0.1) is 0 Å². The lowest BCUT2D eigenvalue weighted by atomic mass is 10.1. The van der Waals surface area contributed by atoms with Gasteiger partial charge < -0.3 is 0 Å². The number of hydrazone groups is 1. The number of thiazole rings is 1. The first-order chi connectivity index (χ1) is 12.9. The predicted octanol–water partition coefficient (Wildman–Crippen LogP) is 4.85. The summed E-state index contributed by atoms with van der Waals surface area (Å²) >= 11 is 1.57. The number of hydrogen-bond donors (Lipinski definition) is 1. The molecule has 0 unspecified atom stereocenters. The molecule has 1 fully saturated rings. The van der Waals surface area contributed by atoms with Crippen molar-refractivity contribution < 1.29 is 0 Å². The smallest absolute Gasteiger partial charge is 0.203 e. The van der Waals surface area contributed by atoms with Gasteiger partial charge in [-0.15, -0.1) is 11.3 Å². The lowest BCUT2D eigenvalue weighted by molar-refractivity contribution is 0.331. The highest BCUT2D eigenvalue weighted by Gasteiger charge is 2.12. The summed E-state index contributed by atoms with van der Waals surface area (Å²) in [6.45, 7) is 3.40. The molecule has 1 aliphatic rings. The Morgan fingerprint density at radius 2 is 1.81 bits per heavy atom. The van der Waals surface area contributed by atoms with Crippen LogP contribution in [0.25, 0.3) is 11.3 Å². The molecule has 0 saturated carbocycles. The van der Waals surface area contributed by atoms with E-state index < -0.39 is 0 Å². The Morgan fingerprint density at radius 3 is 2.65 bits per heavy atom. The zero-order valence-electron chi connectivity index (χ0n) is 14.6. The van der Waals surface area contributed by atoms with Crippen molar-refractivity contribution in [3.05, 3.63) is 71.1 Å². The molecule has 4 rings (SSSR count). The highest BCUT2D eigenvalue weighted by Crippen LogP contribution is 2.24. The van der Waals surface area contributed by atoms with Crippen LogP contribution in [-0.4, -0.2) is 29.2 Å². The molecule has 5 heteroatoms. The third kappa shape index (κ3) is 4.18. The Morgan fingerprint density at radius 1 is 1.04 bits per heavy atom. The van der Waals surface area contributed by atoms with Gasteiger partial charge in [0, 0.05) is 17.5 Å². The van der Waals surface area contributed by atoms with E-state index in [9.17, 15) is 0 Å². The zero-order valence-corrected chi connectivity index (χ0v) is 15.5. The van der Waals surface area contributed by atoms with E-state index in [0.717, 1.165) is 28.5 Å². The second-order valence-electron chi connectivity index (χ2n) is 6.46. The van der Waals surface area contributed by atoms with E-state index >= 15 is 0 Å². The first kappa shape index (κ1) is 16.9. The molecule has 1 aromatic heterocycles. The Labute approximate surface area is 158 Å².